The van der Waals surface area contributed by atoms with Gasteiger partial charge in [0.1, 0.15) is 11.4 Å². The number of hydrogen-bond donors (Lipinski definition) is 1. The molecule has 2 aromatic rings. The third-order valence-electron chi connectivity index (χ3n) is 7.45. The molecule has 4 aliphatic carbocycles. The van der Waals surface area contributed by atoms with Crippen LogP contribution >= 0.6 is 0 Å². The van der Waals surface area contributed by atoms with Gasteiger partial charge in [-0.25, -0.2) is 0 Å². The Balaban J connectivity index is 1.44. The molecule has 0 aliphatic heterocycles. The van der Waals surface area contributed by atoms with Crippen LogP contribution in [0.1, 0.15) is 54.4 Å². The number of nitro benzene ring substituents is 1. The molecule has 30 heavy (non-hydrogen) atoms. The number of methoxy groups -OCH3 is 1. The van der Waals surface area contributed by atoms with Crippen LogP contribution in [-0.2, 0) is 5.41 Å². The number of rotatable bonds is 5. The van der Waals surface area contributed by atoms with Gasteiger partial charge in [-0.2, -0.15) is 0 Å². The molecule has 4 aliphatic rings. The number of carbonyl (C=O) groups is 1. The Bertz CT molecular complexity index is 981. The van der Waals surface area contributed by atoms with Crippen LogP contribution in [-0.4, -0.2) is 17.9 Å². The van der Waals surface area contributed by atoms with Crippen molar-refractivity contribution in [1.82, 2.24) is 0 Å². The molecule has 2 aromatic carbocycles. The molecule has 0 atom stereocenters. The molecule has 6 rings (SSSR count). The van der Waals surface area contributed by atoms with E-state index >= 15 is 0 Å². The Morgan fingerprint density at radius 1 is 1.07 bits per heavy atom. The van der Waals surface area contributed by atoms with Crippen molar-refractivity contribution in [2.24, 2.45) is 17.8 Å². The first kappa shape index (κ1) is 19.1. The third-order valence-corrected chi connectivity index (χ3v) is 7.45. The summed E-state index contributed by atoms with van der Waals surface area (Å²) in [5.41, 5.74) is 1.94. The quantitative estimate of drug-likeness (QED) is 0.538. The second-order valence-electron chi connectivity index (χ2n) is 9.34. The zero-order valence-electron chi connectivity index (χ0n) is 17.1. The highest BCUT2D eigenvalue weighted by Crippen LogP contribution is 2.61. The minimum Gasteiger partial charge on any atom is -0.496 e. The first-order valence-corrected chi connectivity index (χ1v) is 10.7. The molecular weight excluding hydrogens is 380 g/mol. The van der Waals surface area contributed by atoms with Gasteiger partial charge in [0.2, 0.25) is 0 Å². The van der Waals surface area contributed by atoms with Crippen molar-refractivity contribution in [3.05, 3.63) is 63.7 Å². The summed E-state index contributed by atoms with van der Waals surface area (Å²) in [6.45, 7) is 0. The number of nitro groups is 1. The molecule has 1 N–H and O–H groups in total. The van der Waals surface area contributed by atoms with Crippen LogP contribution in [0.25, 0.3) is 0 Å². The number of nitrogens with one attached hydrogen (secondary N) is 1. The molecule has 4 bridgehead atoms. The van der Waals surface area contributed by atoms with Gasteiger partial charge in [0.05, 0.1) is 17.6 Å². The van der Waals surface area contributed by atoms with Crippen LogP contribution in [0.3, 0.4) is 0 Å². The average molecular weight is 406 g/mol. The van der Waals surface area contributed by atoms with E-state index in [1.54, 1.807) is 19.2 Å². The summed E-state index contributed by atoms with van der Waals surface area (Å²) < 4.78 is 5.59. The zero-order chi connectivity index (χ0) is 20.9. The van der Waals surface area contributed by atoms with Gasteiger partial charge < -0.3 is 10.1 Å². The lowest BCUT2D eigenvalue weighted by atomic mass is 9.48. The van der Waals surface area contributed by atoms with E-state index in [4.69, 9.17) is 4.74 Å². The molecule has 156 valence electrons. The summed E-state index contributed by atoms with van der Waals surface area (Å²) in [7, 11) is 1.57. The Morgan fingerprint density at radius 3 is 2.30 bits per heavy atom. The van der Waals surface area contributed by atoms with Crippen LogP contribution in [0.15, 0.2) is 42.5 Å². The molecule has 6 heteroatoms. The molecule has 4 fully saturated rings. The van der Waals surface area contributed by atoms with Gasteiger partial charge >= 0.3 is 0 Å². The maximum atomic E-state index is 12.9. The minimum atomic E-state index is -0.497. The molecule has 4 saturated carbocycles. The Kier molecular flexibility index (Phi) is 4.53. The molecule has 0 aromatic heterocycles. The van der Waals surface area contributed by atoms with Crippen LogP contribution in [0.4, 0.5) is 11.4 Å². The number of benzene rings is 2. The molecular formula is C24H26N2O4. The van der Waals surface area contributed by atoms with E-state index in [9.17, 15) is 14.9 Å². The molecule has 1 amide bonds. The largest absolute Gasteiger partial charge is 0.496 e. The first-order chi connectivity index (χ1) is 14.5. The van der Waals surface area contributed by atoms with E-state index in [2.05, 4.69) is 11.4 Å². The van der Waals surface area contributed by atoms with Crippen molar-refractivity contribution in [2.45, 2.75) is 43.9 Å². The smallest absolute Gasteiger partial charge is 0.292 e. The predicted octanol–water partition coefficient (Wildman–Crippen LogP) is 5.32. The maximum absolute atomic E-state index is 12.9. The lowest BCUT2D eigenvalue weighted by molar-refractivity contribution is -0.383. The highest BCUT2D eigenvalue weighted by molar-refractivity contribution is 6.07. The monoisotopic (exact) mass is 406 g/mol. The highest BCUT2D eigenvalue weighted by Gasteiger charge is 2.51. The first-order valence-electron chi connectivity index (χ1n) is 10.7. The van der Waals surface area contributed by atoms with E-state index in [-0.39, 0.29) is 16.8 Å². The molecule has 0 spiro atoms. The fraction of sp³-hybridized carbons (Fsp3) is 0.458. The van der Waals surface area contributed by atoms with E-state index in [1.165, 1.54) is 56.2 Å². The van der Waals surface area contributed by atoms with Crippen LogP contribution in [0.2, 0.25) is 0 Å². The molecule has 0 saturated heterocycles. The van der Waals surface area contributed by atoms with E-state index in [0.29, 0.717) is 11.3 Å². The summed E-state index contributed by atoms with van der Waals surface area (Å²) >= 11 is 0. The third kappa shape index (κ3) is 3.15. The molecule has 0 heterocycles. The van der Waals surface area contributed by atoms with Crippen molar-refractivity contribution in [1.29, 1.82) is 0 Å². The lowest BCUT2D eigenvalue weighted by Crippen LogP contribution is -2.48. The van der Waals surface area contributed by atoms with Gasteiger partial charge in [-0.05, 0) is 85.5 Å². The van der Waals surface area contributed by atoms with Crippen molar-refractivity contribution < 1.29 is 14.5 Å². The van der Waals surface area contributed by atoms with Crippen LogP contribution in [0.5, 0.6) is 5.75 Å². The van der Waals surface area contributed by atoms with Crippen molar-refractivity contribution in [3.8, 4) is 5.75 Å². The number of ether oxygens (including phenoxy) is 1. The average Bonchev–Trinajstić information content (AvgIpc) is 2.72. The van der Waals surface area contributed by atoms with Gasteiger partial charge in [-0.3, -0.25) is 14.9 Å². The maximum Gasteiger partial charge on any atom is 0.292 e. The molecule has 0 radical (unpaired) electrons. The summed E-state index contributed by atoms with van der Waals surface area (Å²) in [6, 6.07) is 12.1. The van der Waals surface area contributed by atoms with Crippen molar-refractivity contribution in [3.63, 3.8) is 0 Å². The van der Waals surface area contributed by atoms with Crippen molar-refractivity contribution >= 4 is 17.3 Å². The van der Waals surface area contributed by atoms with Crippen LogP contribution in [0, 0.1) is 27.9 Å². The highest BCUT2D eigenvalue weighted by atomic mass is 16.6. The van der Waals surface area contributed by atoms with Gasteiger partial charge in [0.15, 0.2) is 0 Å². The standard InChI is InChI=1S/C24H26N2O4/c1-30-22-11-18(24-12-15-8-16(13-24)10-17(9-15)14-24)6-7-19(22)23(27)25-20-4-2-3-5-21(20)26(28)29/h2-7,11,15-17H,8-10,12-14H2,1H3,(H,25,27). The second-order valence-corrected chi connectivity index (χ2v) is 9.34. The number of anilines is 1. The minimum absolute atomic E-state index is 0.130. The summed E-state index contributed by atoms with van der Waals surface area (Å²) in [6.07, 6.45) is 7.86. The van der Waals surface area contributed by atoms with Gasteiger partial charge in [-0.15, -0.1) is 0 Å². The Hall–Kier alpha value is -2.89. The van der Waals surface area contributed by atoms with Gasteiger partial charge in [0.25, 0.3) is 11.6 Å². The Labute approximate surface area is 175 Å². The van der Waals surface area contributed by atoms with Gasteiger partial charge in [-0.1, -0.05) is 18.2 Å². The number of para-hydroxylation sites is 2. The molecule has 6 nitrogen and oxygen atoms in total. The van der Waals surface area contributed by atoms with E-state index < -0.39 is 10.8 Å². The zero-order valence-corrected chi connectivity index (χ0v) is 17.1. The van der Waals surface area contributed by atoms with Crippen LogP contribution < -0.4 is 10.1 Å². The fourth-order valence-corrected chi connectivity index (χ4v) is 6.60. The SMILES string of the molecule is COc1cc(C23CC4CC(CC(C4)C2)C3)ccc1C(=O)Nc1ccccc1[N+](=O)[O-]. The number of carbonyl (C=O) groups excluding carboxylic acids is 1. The predicted molar refractivity (Wildman–Crippen MR) is 114 cm³/mol. The summed E-state index contributed by atoms with van der Waals surface area (Å²) in [5.74, 6) is 2.63. The van der Waals surface area contributed by atoms with Crippen molar-refractivity contribution in [2.75, 3.05) is 12.4 Å². The number of nitrogens with zero attached hydrogens (tertiary/aromatic N) is 1. The lowest BCUT2D eigenvalue weighted by Gasteiger charge is -2.57. The Morgan fingerprint density at radius 2 is 1.70 bits per heavy atom. The van der Waals surface area contributed by atoms with Gasteiger partial charge in [0, 0.05) is 6.07 Å². The summed E-state index contributed by atoms with van der Waals surface area (Å²) in [4.78, 5) is 23.7. The second kappa shape index (κ2) is 7.11. The topological polar surface area (TPSA) is 81.5 Å². The number of hydrogen-bond acceptors (Lipinski definition) is 4. The summed E-state index contributed by atoms with van der Waals surface area (Å²) in [5, 5.41) is 13.9. The number of amides is 1. The fourth-order valence-electron chi connectivity index (χ4n) is 6.60. The van der Waals surface area contributed by atoms with E-state index in [0.717, 1.165) is 17.8 Å². The molecule has 0 unspecified atom stereocenters. The normalized spacial score (nSPS) is 28.9. The van der Waals surface area contributed by atoms with E-state index in [1.807, 2.05) is 12.1 Å².